The third kappa shape index (κ3) is 4.04. The summed E-state index contributed by atoms with van der Waals surface area (Å²) in [6, 6.07) is 6.85. The zero-order valence-electron chi connectivity index (χ0n) is 12.4. The van der Waals surface area contributed by atoms with Crippen molar-refractivity contribution in [3.8, 4) is 0 Å². The zero-order chi connectivity index (χ0) is 15.3. The largest absolute Gasteiger partial charge is 0.462 e. The van der Waals surface area contributed by atoms with Gasteiger partial charge in [0, 0.05) is 12.0 Å². The van der Waals surface area contributed by atoms with Crippen LogP contribution in [0.4, 0.5) is 5.69 Å². The van der Waals surface area contributed by atoms with Crippen LogP contribution in [0.5, 0.6) is 0 Å². The van der Waals surface area contributed by atoms with Crippen LogP contribution in [0.25, 0.3) is 0 Å². The summed E-state index contributed by atoms with van der Waals surface area (Å²) in [5.41, 5.74) is 6.65. The van der Waals surface area contributed by atoms with Gasteiger partial charge in [-0.1, -0.05) is 25.0 Å². The van der Waals surface area contributed by atoms with E-state index in [2.05, 4.69) is 5.32 Å². The van der Waals surface area contributed by atoms with Crippen molar-refractivity contribution in [2.75, 3.05) is 11.9 Å². The third-order valence-corrected chi connectivity index (χ3v) is 3.81. The molecular weight excluding hydrogens is 268 g/mol. The van der Waals surface area contributed by atoms with Crippen molar-refractivity contribution in [1.29, 1.82) is 0 Å². The highest BCUT2D eigenvalue weighted by atomic mass is 16.5. The van der Waals surface area contributed by atoms with Crippen LogP contribution < -0.4 is 11.1 Å². The van der Waals surface area contributed by atoms with Gasteiger partial charge in [0.05, 0.1) is 17.9 Å². The molecule has 0 saturated heterocycles. The predicted octanol–water partition coefficient (Wildman–Crippen LogP) is 2.46. The van der Waals surface area contributed by atoms with E-state index in [9.17, 15) is 9.59 Å². The van der Waals surface area contributed by atoms with Crippen molar-refractivity contribution in [1.82, 2.24) is 0 Å². The minimum Gasteiger partial charge on any atom is -0.462 e. The predicted molar refractivity (Wildman–Crippen MR) is 81.0 cm³/mol. The number of esters is 1. The van der Waals surface area contributed by atoms with Gasteiger partial charge < -0.3 is 15.8 Å². The Morgan fingerprint density at radius 2 is 1.95 bits per heavy atom. The lowest BCUT2D eigenvalue weighted by Gasteiger charge is -2.22. The first kappa shape index (κ1) is 15.5. The van der Waals surface area contributed by atoms with Crippen molar-refractivity contribution >= 4 is 17.6 Å². The lowest BCUT2D eigenvalue weighted by molar-refractivity contribution is -0.117. The molecular formula is C16H22N2O3. The van der Waals surface area contributed by atoms with Crippen molar-refractivity contribution in [2.45, 2.75) is 44.6 Å². The highest BCUT2D eigenvalue weighted by Crippen LogP contribution is 2.30. The van der Waals surface area contributed by atoms with Gasteiger partial charge in [0.1, 0.15) is 0 Å². The summed E-state index contributed by atoms with van der Waals surface area (Å²) < 4.78 is 4.99. The molecule has 0 bridgehead atoms. The number of carbonyl (C=O) groups is 2. The highest BCUT2D eigenvalue weighted by Gasteiger charge is 2.31. The van der Waals surface area contributed by atoms with Crippen molar-refractivity contribution in [2.24, 2.45) is 5.73 Å². The fourth-order valence-electron chi connectivity index (χ4n) is 2.75. The second kappa shape index (κ2) is 6.72. The first-order chi connectivity index (χ1) is 10.0. The molecule has 114 valence electrons. The molecule has 0 spiro atoms. The fraction of sp³-hybridized carbons (Fsp3) is 0.500. The standard InChI is InChI=1S/C16H22N2O3/c1-2-21-15(20)12-7-3-4-8-13(12)18-14(19)11-16(17)9-5-6-10-16/h3-4,7-8H,2,5-6,9-11,17H2,1H3,(H,18,19). The number of nitrogens with two attached hydrogens (primary N) is 1. The summed E-state index contributed by atoms with van der Waals surface area (Å²) in [7, 11) is 0. The van der Waals surface area contributed by atoms with Crippen LogP contribution in [0.3, 0.4) is 0 Å². The van der Waals surface area contributed by atoms with Crippen LogP contribution in [-0.2, 0) is 9.53 Å². The summed E-state index contributed by atoms with van der Waals surface area (Å²) in [6.45, 7) is 2.05. The molecule has 1 amide bonds. The topological polar surface area (TPSA) is 81.4 Å². The molecule has 1 aromatic rings. The van der Waals surface area contributed by atoms with E-state index in [1.165, 1.54) is 0 Å². The number of para-hydroxylation sites is 1. The second-order valence-electron chi connectivity index (χ2n) is 5.56. The molecule has 21 heavy (non-hydrogen) atoms. The van der Waals surface area contributed by atoms with E-state index in [0.29, 0.717) is 17.9 Å². The zero-order valence-corrected chi connectivity index (χ0v) is 12.4. The summed E-state index contributed by atoms with van der Waals surface area (Å²) in [4.78, 5) is 24.0. The maximum atomic E-state index is 12.2. The van der Waals surface area contributed by atoms with Crippen molar-refractivity contribution < 1.29 is 14.3 Å². The molecule has 1 fully saturated rings. The van der Waals surface area contributed by atoms with Gasteiger partial charge in [0.15, 0.2) is 0 Å². The van der Waals surface area contributed by atoms with Gasteiger partial charge in [-0.15, -0.1) is 0 Å². The molecule has 0 radical (unpaired) electrons. The van der Waals surface area contributed by atoms with Crippen molar-refractivity contribution in [3.05, 3.63) is 29.8 Å². The minimum atomic E-state index is -0.434. The Morgan fingerprint density at radius 1 is 1.29 bits per heavy atom. The summed E-state index contributed by atoms with van der Waals surface area (Å²) >= 11 is 0. The van der Waals surface area contributed by atoms with E-state index in [1.807, 2.05) is 0 Å². The molecule has 5 nitrogen and oxygen atoms in total. The smallest absolute Gasteiger partial charge is 0.340 e. The minimum absolute atomic E-state index is 0.156. The van der Waals surface area contributed by atoms with Gasteiger partial charge in [-0.05, 0) is 31.9 Å². The van der Waals surface area contributed by atoms with Crippen LogP contribution in [0.1, 0.15) is 49.4 Å². The number of hydrogen-bond acceptors (Lipinski definition) is 4. The number of ether oxygens (including phenoxy) is 1. The number of carbonyl (C=O) groups excluding carboxylic acids is 2. The van der Waals surface area contributed by atoms with E-state index < -0.39 is 11.5 Å². The highest BCUT2D eigenvalue weighted by molar-refractivity contribution is 6.01. The van der Waals surface area contributed by atoms with Gasteiger partial charge in [-0.3, -0.25) is 4.79 Å². The third-order valence-electron chi connectivity index (χ3n) is 3.81. The number of nitrogens with one attached hydrogen (secondary N) is 1. The normalized spacial score (nSPS) is 16.5. The Labute approximate surface area is 124 Å². The molecule has 0 unspecified atom stereocenters. The lowest BCUT2D eigenvalue weighted by atomic mass is 9.94. The van der Waals surface area contributed by atoms with Crippen LogP contribution in [0, 0.1) is 0 Å². The Bertz CT molecular complexity index is 522. The van der Waals surface area contributed by atoms with E-state index in [0.717, 1.165) is 25.7 Å². The molecule has 0 aromatic heterocycles. The van der Waals surface area contributed by atoms with Gasteiger partial charge >= 0.3 is 5.97 Å². The maximum Gasteiger partial charge on any atom is 0.340 e. The van der Waals surface area contributed by atoms with Gasteiger partial charge in [0.2, 0.25) is 5.91 Å². The monoisotopic (exact) mass is 290 g/mol. The number of amides is 1. The fourth-order valence-corrected chi connectivity index (χ4v) is 2.75. The molecule has 0 aliphatic heterocycles. The van der Waals surface area contributed by atoms with Crippen LogP contribution in [0.2, 0.25) is 0 Å². The Balaban J connectivity index is 2.05. The molecule has 1 aliphatic carbocycles. The number of rotatable bonds is 5. The summed E-state index contributed by atoms with van der Waals surface area (Å²) in [5, 5.41) is 2.78. The van der Waals surface area contributed by atoms with Crippen molar-refractivity contribution in [3.63, 3.8) is 0 Å². The van der Waals surface area contributed by atoms with Gasteiger partial charge in [0.25, 0.3) is 0 Å². The van der Waals surface area contributed by atoms with Gasteiger partial charge in [-0.25, -0.2) is 4.79 Å². The number of benzene rings is 1. The first-order valence-corrected chi connectivity index (χ1v) is 7.39. The van der Waals surface area contributed by atoms with E-state index in [4.69, 9.17) is 10.5 Å². The quantitative estimate of drug-likeness (QED) is 0.816. The van der Waals surface area contributed by atoms with Crippen LogP contribution in [0.15, 0.2) is 24.3 Å². The SMILES string of the molecule is CCOC(=O)c1ccccc1NC(=O)CC1(N)CCCC1. The van der Waals surface area contributed by atoms with Crippen LogP contribution in [-0.4, -0.2) is 24.0 Å². The average Bonchev–Trinajstić information content (AvgIpc) is 2.85. The summed E-state index contributed by atoms with van der Waals surface area (Å²) in [6.07, 6.45) is 4.18. The first-order valence-electron chi connectivity index (χ1n) is 7.39. The summed E-state index contributed by atoms with van der Waals surface area (Å²) in [5.74, 6) is -0.590. The molecule has 1 aromatic carbocycles. The molecule has 0 heterocycles. The maximum absolute atomic E-state index is 12.2. The Morgan fingerprint density at radius 3 is 2.62 bits per heavy atom. The van der Waals surface area contributed by atoms with E-state index in [-0.39, 0.29) is 12.3 Å². The number of anilines is 1. The Kier molecular flexibility index (Phi) is 4.96. The van der Waals surface area contributed by atoms with E-state index in [1.54, 1.807) is 31.2 Å². The molecule has 0 atom stereocenters. The molecule has 3 N–H and O–H groups in total. The molecule has 5 heteroatoms. The lowest BCUT2D eigenvalue weighted by Crippen LogP contribution is -2.40. The van der Waals surface area contributed by atoms with Gasteiger partial charge in [-0.2, -0.15) is 0 Å². The second-order valence-corrected chi connectivity index (χ2v) is 5.56. The molecule has 2 rings (SSSR count). The van der Waals surface area contributed by atoms with Crippen LogP contribution >= 0.6 is 0 Å². The average molecular weight is 290 g/mol. The number of hydrogen-bond donors (Lipinski definition) is 2. The molecule has 1 aliphatic rings. The van der Waals surface area contributed by atoms with E-state index >= 15 is 0 Å². The molecule has 1 saturated carbocycles. The Hall–Kier alpha value is -1.88.